The molecule has 3 rings (SSSR count). The Morgan fingerprint density at radius 2 is 1.62 bits per heavy atom. The first-order valence-corrected chi connectivity index (χ1v) is 6.73. The van der Waals surface area contributed by atoms with E-state index in [0.29, 0.717) is 13.0 Å². The second-order valence-electron chi connectivity index (χ2n) is 4.94. The molecule has 0 atom stereocenters. The molecule has 1 N–H and O–H groups in total. The van der Waals surface area contributed by atoms with E-state index < -0.39 is 0 Å². The fraction of sp³-hybridized carbons (Fsp3) is 0.118. The Kier molecular flexibility index (Phi) is 3.69. The van der Waals surface area contributed by atoms with Crippen LogP contribution in [0.1, 0.15) is 17.0 Å². The summed E-state index contributed by atoms with van der Waals surface area (Å²) in [7, 11) is 0. The molecule has 0 aliphatic rings. The summed E-state index contributed by atoms with van der Waals surface area (Å²) in [5.41, 5.74) is 2.11. The first kappa shape index (κ1) is 13.4. The van der Waals surface area contributed by atoms with Crippen LogP contribution in [-0.2, 0) is 13.0 Å². The van der Waals surface area contributed by atoms with Crippen LogP contribution in [0.2, 0.25) is 0 Å². The Bertz CT molecular complexity index is 655. The Hall–Kier alpha value is -2.62. The van der Waals surface area contributed by atoms with Crippen LogP contribution in [0.25, 0.3) is 0 Å². The number of aromatic hydroxyl groups is 1. The van der Waals surface area contributed by atoms with Gasteiger partial charge in [-0.05, 0) is 35.4 Å². The molecule has 0 bridgehead atoms. The van der Waals surface area contributed by atoms with E-state index in [2.05, 4.69) is 9.55 Å². The number of phenolic OH excluding ortho intramolecular Hbond substituents is 1. The van der Waals surface area contributed by atoms with Gasteiger partial charge in [0.15, 0.2) is 0 Å². The second-order valence-corrected chi connectivity index (χ2v) is 4.94. The largest absolute Gasteiger partial charge is 0.508 e. The molecule has 0 saturated heterocycles. The van der Waals surface area contributed by atoms with Gasteiger partial charge < -0.3 is 9.67 Å². The van der Waals surface area contributed by atoms with Crippen molar-refractivity contribution in [1.82, 2.24) is 9.55 Å². The molecule has 0 aliphatic carbocycles. The first-order chi connectivity index (χ1) is 10.2. The van der Waals surface area contributed by atoms with Crippen LogP contribution in [0.15, 0.2) is 60.9 Å². The summed E-state index contributed by atoms with van der Waals surface area (Å²) in [6.45, 7) is 0.691. The monoisotopic (exact) mass is 282 g/mol. The summed E-state index contributed by atoms with van der Waals surface area (Å²) in [5.74, 6) is 0.955. The fourth-order valence-electron chi connectivity index (χ4n) is 2.23. The molecule has 0 unspecified atom stereocenters. The van der Waals surface area contributed by atoms with E-state index in [1.807, 2.05) is 18.3 Å². The van der Waals surface area contributed by atoms with Crippen molar-refractivity contribution in [2.75, 3.05) is 0 Å². The van der Waals surface area contributed by atoms with E-state index in [-0.39, 0.29) is 11.6 Å². The molecular formula is C17H15FN2O. The zero-order valence-corrected chi connectivity index (χ0v) is 11.4. The highest BCUT2D eigenvalue weighted by molar-refractivity contribution is 5.26. The standard InChI is InChI=1S/C17H15FN2O/c18-15-5-1-13(2-6-15)11-17-19-9-10-20(17)12-14-3-7-16(21)8-4-14/h1-10,21H,11-12H2. The third-order valence-corrected chi connectivity index (χ3v) is 3.37. The number of rotatable bonds is 4. The zero-order chi connectivity index (χ0) is 14.7. The van der Waals surface area contributed by atoms with E-state index in [9.17, 15) is 9.50 Å². The van der Waals surface area contributed by atoms with E-state index in [0.717, 1.165) is 17.0 Å². The lowest BCUT2D eigenvalue weighted by Crippen LogP contribution is -2.05. The van der Waals surface area contributed by atoms with Crippen molar-refractivity contribution in [3.8, 4) is 5.75 Å². The van der Waals surface area contributed by atoms with Crippen LogP contribution in [0, 0.1) is 5.82 Å². The van der Waals surface area contributed by atoms with Crippen LogP contribution in [0.4, 0.5) is 4.39 Å². The predicted molar refractivity (Wildman–Crippen MR) is 78.6 cm³/mol. The summed E-state index contributed by atoms with van der Waals surface area (Å²) >= 11 is 0. The number of nitrogens with zero attached hydrogens (tertiary/aromatic N) is 2. The van der Waals surface area contributed by atoms with Gasteiger partial charge in [-0.25, -0.2) is 9.37 Å². The molecule has 0 aliphatic heterocycles. The quantitative estimate of drug-likeness (QED) is 0.796. The molecule has 3 aromatic rings. The topological polar surface area (TPSA) is 38.0 Å². The molecule has 0 amide bonds. The van der Waals surface area contributed by atoms with Gasteiger partial charge in [-0.15, -0.1) is 0 Å². The predicted octanol–water partition coefficient (Wildman–Crippen LogP) is 3.37. The van der Waals surface area contributed by atoms with Crippen molar-refractivity contribution >= 4 is 0 Å². The van der Waals surface area contributed by atoms with Crippen molar-refractivity contribution in [3.05, 3.63) is 83.7 Å². The van der Waals surface area contributed by atoms with Crippen molar-refractivity contribution in [2.24, 2.45) is 0 Å². The van der Waals surface area contributed by atoms with E-state index in [1.165, 1.54) is 12.1 Å². The number of benzene rings is 2. The van der Waals surface area contributed by atoms with Crippen LogP contribution < -0.4 is 0 Å². The second kappa shape index (κ2) is 5.79. The van der Waals surface area contributed by atoms with E-state index >= 15 is 0 Å². The van der Waals surface area contributed by atoms with Crippen LogP contribution in [0.3, 0.4) is 0 Å². The lowest BCUT2D eigenvalue weighted by molar-refractivity contribution is 0.475. The molecule has 1 heterocycles. The number of hydrogen-bond acceptors (Lipinski definition) is 2. The zero-order valence-electron chi connectivity index (χ0n) is 11.4. The number of aromatic nitrogens is 2. The Morgan fingerprint density at radius 3 is 2.33 bits per heavy atom. The molecule has 21 heavy (non-hydrogen) atoms. The maximum Gasteiger partial charge on any atom is 0.123 e. The van der Waals surface area contributed by atoms with E-state index in [1.54, 1.807) is 30.5 Å². The van der Waals surface area contributed by atoms with Gasteiger partial charge in [0.05, 0.1) is 0 Å². The van der Waals surface area contributed by atoms with Gasteiger partial charge in [-0.1, -0.05) is 24.3 Å². The van der Waals surface area contributed by atoms with Crippen LogP contribution in [0.5, 0.6) is 5.75 Å². The number of hydrogen-bond donors (Lipinski definition) is 1. The molecule has 106 valence electrons. The van der Waals surface area contributed by atoms with Gasteiger partial charge in [0, 0.05) is 25.4 Å². The molecule has 0 radical (unpaired) electrons. The first-order valence-electron chi connectivity index (χ1n) is 6.73. The van der Waals surface area contributed by atoms with Gasteiger partial charge in [0.2, 0.25) is 0 Å². The van der Waals surface area contributed by atoms with E-state index in [4.69, 9.17) is 0 Å². The third kappa shape index (κ3) is 3.28. The Labute approximate surface area is 122 Å². The summed E-state index contributed by atoms with van der Waals surface area (Å²) in [6, 6.07) is 13.6. The summed E-state index contributed by atoms with van der Waals surface area (Å²) in [6.07, 6.45) is 4.34. The number of imidazole rings is 1. The minimum Gasteiger partial charge on any atom is -0.508 e. The normalized spacial score (nSPS) is 10.7. The highest BCUT2D eigenvalue weighted by Crippen LogP contribution is 2.14. The van der Waals surface area contributed by atoms with Crippen LogP contribution >= 0.6 is 0 Å². The average Bonchev–Trinajstić information content (AvgIpc) is 2.91. The number of halogens is 1. The van der Waals surface area contributed by atoms with Crippen molar-refractivity contribution in [3.63, 3.8) is 0 Å². The molecule has 4 heteroatoms. The molecule has 0 spiro atoms. The SMILES string of the molecule is Oc1ccc(Cn2ccnc2Cc2ccc(F)cc2)cc1. The fourth-order valence-corrected chi connectivity index (χ4v) is 2.23. The summed E-state index contributed by atoms with van der Waals surface area (Å²) < 4.78 is 15.0. The molecule has 2 aromatic carbocycles. The smallest absolute Gasteiger partial charge is 0.123 e. The molecule has 0 saturated carbocycles. The van der Waals surface area contributed by atoms with Crippen molar-refractivity contribution in [2.45, 2.75) is 13.0 Å². The Balaban J connectivity index is 1.77. The summed E-state index contributed by atoms with van der Waals surface area (Å²) in [5, 5.41) is 9.30. The van der Waals surface area contributed by atoms with Crippen molar-refractivity contribution < 1.29 is 9.50 Å². The maximum absolute atomic E-state index is 12.9. The van der Waals surface area contributed by atoms with Gasteiger partial charge in [0.1, 0.15) is 17.4 Å². The molecule has 1 aromatic heterocycles. The van der Waals surface area contributed by atoms with Gasteiger partial charge >= 0.3 is 0 Å². The highest BCUT2D eigenvalue weighted by Gasteiger charge is 2.05. The van der Waals surface area contributed by atoms with Gasteiger partial charge in [0.25, 0.3) is 0 Å². The lowest BCUT2D eigenvalue weighted by Gasteiger charge is -2.08. The highest BCUT2D eigenvalue weighted by atomic mass is 19.1. The maximum atomic E-state index is 12.9. The lowest BCUT2D eigenvalue weighted by atomic mass is 10.1. The van der Waals surface area contributed by atoms with Crippen LogP contribution in [-0.4, -0.2) is 14.7 Å². The Morgan fingerprint density at radius 1 is 0.952 bits per heavy atom. The van der Waals surface area contributed by atoms with Crippen molar-refractivity contribution in [1.29, 1.82) is 0 Å². The third-order valence-electron chi connectivity index (χ3n) is 3.37. The van der Waals surface area contributed by atoms with Gasteiger partial charge in [-0.3, -0.25) is 0 Å². The average molecular weight is 282 g/mol. The minimum absolute atomic E-state index is 0.230. The molecule has 0 fully saturated rings. The van der Waals surface area contributed by atoms with Gasteiger partial charge in [-0.2, -0.15) is 0 Å². The number of phenols is 1. The molecule has 3 nitrogen and oxygen atoms in total. The minimum atomic E-state index is -0.230. The summed E-state index contributed by atoms with van der Waals surface area (Å²) in [4.78, 5) is 4.37. The molecular weight excluding hydrogens is 267 g/mol.